The number of rotatable bonds is 8. The zero-order valence-electron chi connectivity index (χ0n) is 10.7. The van der Waals surface area contributed by atoms with Gasteiger partial charge in [-0.3, -0.25) is 4.79 Å². The largest absolute Gasteiger partial charge is 0.480 e. The normalized spacial score (nSPS) is 11.9. The van der Waals surface area contributed by atoms with E-state index in [0.717, 1.165) is 12.8 Å². The molecule has 0 aliphatic heterocycles. The predicted molar refractivity (Wildman–Crippen MR) is 65.8 cm³/mol. The molecule has 0 aliphatic carbocycles. The first-order valence-corrected chi connectivity index (χ1v) is 5.88. The summed E-state index contributed by atoms with van der Waals surface area (Å²) in [6, 6.07) is -1.89. The molecular formula is C11H21N3O4. The smallest absolute Gasteiger partial charge is 0.326 e. The maximum atomic E-state index is 11.3. The maximum Gasteiger partial charge on any atom is 0.326 e. The highest BCUT2D eigenvalue weighted by molar-refractivity contribution is 5.87. The van der Waals surface area contributed by atoms with Crippen molar-refractivity contribution in [2.24, 2.45) is 11.7 Å². The molecule has 3 amide bonds. The SMILES string of the molecule is CC(C)CCCNC(=O)N[C@@H](CC(N)=O)C(=O)O. The summed E-state index contributed by atoms with van der Waals surface area (Å²) in [5.74, 6) is -1.51. The van der Waals surface area contributed by atoms with Gasteiger partial charge in [0.2, 0.25) is 5.91 Å². The van der Waals surface area contributed by atoms with Crippen LogP contribution in [0.1, 0.15) is 33.1 Å². The van der Waals surface area contributed by atoms with Gasteiger partial charge in [0.1, 0.15) is 6.04 Å². The van der Waals surface area contributed by atoms with Gasteiger partial charge in [-0.2, -0.15) is 0 Å². The molecule has 0 aromatic carbocycles. The Labute approximate surface area is 106 Å². The maximum absolute atomic E-state index is 11.3. The molecule has 18 heavy (non-hydrogen) atoms. The number of hydrogen-bond donors (Lipinski definition) is 4. The fourth-order valence-corrected chi connectivity index (χ4v) is 1.32. The predicted octanol–water partition coefficient (Wildman–Crippen LogP) is 0.0504. The van der Waals surface area contributed by atoms with Crippen molar-refractivity contribution in [3.63, 3.8) is 0 Å². The Kier molecular flexibility index (Phi) is 7.50. The quantitative estimate of drug-likeness (QED) is 0.460. The summed E-state index contributed by atoms with van der Waals surface area (Å²) in [5, 5.41) is 13.5. The average Bonchev–Trinajstić information content (AvgIpc) is 2.22. The van der Waals surface area contributed by atoms with Crippen LogP contribution in [0.3, 0.4) is 0 Å². The van der Waals surface area contributed by atoms with Gasteiger partial charge in [0.25, 0.3) is 0 Å². The van der Waals surface area contributed by atoms with E-state index in [9.17, 15) is 14.4 Å². The van der Waals surface area contributed by atoms with Crippen molar-refractivity contribution in [3.8, 4) is 0 Å². The fraction of sp³-hybridized carbons (Fsp3) is 0.727. The summed E-state index contributed by atoms with van der Waals surface area (Å²) in [5.41, 5.74) is 4.89. The summed E-state index contributed by atoms with van der Waals surface area (Å²) in [7, 11) is 0. The zero-order chi connectivity index (χ0) is 14.1. The number of carboxylic acids is 1. The highest BCUT2D eigenvalue weighted by Gasteiger charge is 2.21. The highest BCUT2D eigenvalue weighted by atomic mass is 16.4. The topological polar surface area (TPSA) is 122 Å². The molecule has 0 fully saturated rings. The second-order valence-electron chi connectivity index (χ2n) is 4.50. The molecule has 0 radical (unpaired) electrons. The highest BCUT2D eigenvalue weighted by Crippen LogP contribution is 2.01. The van der Waals surface area contributed by atoms with E-state index in [1.54, 1.807) is 0 Å². The van der Waals surface area contributed by atoms with Gasteiger partial charge in [-0.05, 0) is 18.8 Å². The minimum atomic E-state index is -1.29. The number of carbonyl (C=O) groups is 3. The molecule has 0 saturated heterocycles. The molecular weight excluding hydrogens is 238 g/mol. The monoisotopic (exact) mass is 259 g/mol. The van der Waals surface area contributed by atoms with Gasteiger partial charge in [0.05, 0.1) is 6.42 Å². The lowest BCUT2D eigenvalue weighted by Gasteiger charge is -2.13. The third kappa shape index (κ3) is 8.37. The minimum absolute atomic E-state index is 0.422. The van der Waals surface area contributed by atoms with E-state index in [2.05, 4.69) is 24.5 Å². The molecule has 0 rings (SSSR count). The Morgan fingerprint density at radius 1 is 1.28 bits per heavy atom. The van der Waals surface area contributed by atoms with Crippen LogP contribution in [0.25, 0.3) is 0 Å². The van der Waals surface area contributed by atoms with E-state index >= 15 is 0 Å². The lowest BCUT2D eigenvalue weighted by atomic mass is 10.1. The number of amides is 3. The average molecular weight is 259 g/mol. The molecule has 0 aromatic rings. The molecule has 0 heterocycles. The first kappa shape index (κ1) is 16.2. The third-order valence-corrected chi connectivity index (χ3v) is 2.25. The lowest BCUT2D eigenvalue weighted by molar-refractivity contribution is -0.140. The van der Waals surface area contributed by atoms with Crippen LogP contribution in [0.4, 0.5) is 4.79 Å². The summed E-state index contributed by atoms with van der Waals surface area (Å²) >= 11 is 0. The molecule has 0 aromatic heterocycles. The van der Waals surface area contributed by atoms with E-state index in [0.29, 0.717) is 12.5 Å². The van der Waals surface area contributed by atoms with Crippen LogP contribution < -0.4 is 16.4 Å². The summed E-state index contributed by atoms with van der Waals surface area (Å²) in [6.45, 7) is 4.62. The van der Waals surface area contributed by atoms with Gasteiger partial charge in [-0.1, -0.05) is 13.8 Å². The first-order valence-electron chi connectivity index (χ1n) is 5.88. The van der Waals surface area contributed by atoms with E-state index in [1.807, 2.05) is 0 Å². The Bertz CT molecular complexity index is 305. The molecule has 0 saturated carbocycles. The van der Waals surface area contributed by atoms with Crippen molar-refractivity contribution in [2.45, 2.75) is 39.2 Å². The van der Waals surface area contributed by atoms with Crippen molar-refractivity contribution in [3.05, 3.63) is 0 Å². The standard InChI is InChI=1S/C11H21N3O4/c1-7(2)4-3-5-13-11(18)14-8(10(16)17)6-9(12)15/h7-8H,3-6H2,1-2H3,(H2,12,15)(H,16,17)(H2,13,14,18)/t8-/m0/s1. The summed E-state index contributed by atoms with van der Waals surface area (Å²) in [4.78, 5) is 32.7. The van der Waals surface area contributed by atoms with E-state index < -0.39 is 30.4 Å². The van der Waals surface area contributed by atoms with Crippen LogP contribution in [-0.2, 0) is 9.59 Å². The number of urea groups is 1. The molecule has 0 bridgehead atoms. The fourth-order valence-electron chi connectivity index (χ4n) is 1.32. The van der Waals surface area contributed by atoms with Crippen LogP contribution in [0.2, 0.25) is 0 Å². The van der Waals surface area contributed by atoms with Crippen LogP contribution >= 0.6 is 0 Å². The summed E-state index contributed by atoms with van der Waals surface area (Å²) in [6.07, 6.45) is 1.37. The second-order valence-corrected chi connectivity index (χ2v) is 4.50. The van der Waals surface area contributed by atoms with Crippen LogP contribution in [0, 0.1) is 5.92 Å². The van der Waals surface area contributed by atoms with Crippen LogP contribution in [0.5, 0.6) is 0 Å². The van der Waals surface area contributed by atoms with Crippen molar-refractivity contribution in [1.82, 2.24) is 10.6 Å². The number of primary amides is 1. The molecule has 0 spiro atoms. The van der Waals surface area contributed by atoms with Crippen molar-refractivity contribution >= 4 is 17.9 Å². The number of nitrogens with two attached hydrogens (primary N) is 1. The van der Waals surface area contributed by atoms with Crippen LogP contribution in [-0.4, -0.2) is 35.6 Å². The number of hydrogen-bond acceptors (Lipinski definition) is 3. The Morgan fingerprint density at radius 3 is 2.33 bits per heavy atom. The number of carboxylic acid groups (broad SMARTS) is 1. The van der Waals surface area contributed by atoms with Crippen LogP contribution in [0.15, 0.2) is 0 Å². The second kappa shape index (κ2) is 8.32. The van der Waals surface area contributed by atoms with Crippen molar-refractivity contribution in [1.29, 1.82) is 0 Å². The molecule has 5 N–H and O–H groups in total. The van der Waals surface area contributed by atoms with E-state index in [-0.39, 0.29) is 0 Å². The molecule has 1 atom stereocenters. The summed E-state index contributed by atoms with van der Waals surface area (Å²) < 4.78 is 0. The Morgan fingerprint density at radius 2 is 1.89 bits per heavy atom. The number of carbonyl (C=O) groups excluding carboxylic acids is 2. The minimum Gasteiger partial charge on any atom is -0.480 e. The lowest BCUT2D eigenvalue weighted by Crippen LogP contribution is -2.47. The van der Waals surface area contributed by atoms with Gasteiger partial charge in [-0.25, -0.2) is 9.59 Å². The molecule has 7 nitrogen and oxygen atoms in total. The Balaban J connectivity index is 3.95. The molecule has 104 valence electrons. The van der Waals surface area contributed by atoms with Gasteiger partial charge >= 0.3 is 12.0 Å². The van der Waals surface area contributed by atoms with Gasteiger partial charge in [0, 0.05) is 6.54 Å². The van der Waals surface area contributed by atoms with E-state index in [4.69, 9.17) is 10.8 Å². The third-order valence-electron chi connectivity index (χ3n) is 2.25. The molecule has 0 aliphatic rings. The van der Waals surface area contributed by atoms with E-state index in [1.165, 1.54) is 0 Å². The number of nitrogens with one attached hydrogen (secondary N) is 2. The molecule has 7 heteroatoms. The van der Waals surface area contributed by atoms with Gasteiger partial charge in [0.15, 0.2) is 0 Å². The van der Waals surface area contributed by atoms with Crippen molar-refractivity contribution in [2.75, 3.05) is 6.54 Å². The first-order chi connectivity index (χ1) is 8.32. The van der Waals surface area contributed by atoms with Crippen molar-refractivity contribution < 1.29 is 19.5 Å². The zero-order valence-corrected chi connectivity index (χ0v) is 10.7. The van der Waals surface area contributed by atoms with Gasteiger partial charge < -0.3 is 21.5 Å². The van der Waals surface area contributed by atoms with Gasteiger partial charge in [-0.15, -0.1) is 0 Å². The molecule has 0 unspecified atom stereocenters. The number of aliphatic carboxylic acids is 1. The Hall–Kier alpha value is -1.79.